The number of rotatable bonds is 12. The number of carbonyl (C=O) groups is 6. The molecule has 3 rings (SSSR count). The van der Waals surface area contributed by atoms with E-state index in [-0.39, 0.29) is 37.7 Å². The summed E-state index contributed by atoms with van der Waals surface area (Å²) in [6.45, 7) is 17.6. The van der Waals surface area contributed by atoms with Crippen LogP contribution in [0.15, 0.2) is 18.2 Å². The van der Waals surface area contributed by atoms with E-state index in [1.165, 1.54) is 4.90 Å². The number of fused-ring (bicyclic) bond motifs is 1. The standard InChI is InChI=1S/C36H55N5O9/c1-34(2,3)48-31(45)37-19-10-11-20-39(21-12-13-22-40(32(46)49-35(4,5)6)33(47)50-36(7,8)9)26-16-14-15-24-25(26)23-41(30(24)44)27-17-18-28(42)38-29(27)43/h14-16,27H,10-13,17-23H2,1-9H3,(H,37,45)(H,38,42,43). The minimum absolute atomic E-state index is 0.0755. The maximum absolute atomic E-state index is 13.5. The largest absolute Gasteiger partial charge is 0.444 e. The van der Waals surface area contributed by atoms with Crippen LogP contribution in [-0.2, 0) is 30.3 Å². The van der Waals surface area contributed by atoms with Gasteiger partial charge in [0.15, 0.2) is 0 Å². The number of nitrogens with zero attached hydrogens (tertiary/aromatic N) is 3. The summed E-state index contributed by atoms with van der Waals surface area (Å²) in [6, 6.07) is 4.76. The molecule has 50 heavy (non-hydrogen) atoms. The lowest BCUT2D eigenvalue weighted by Crippen LogP contribution is -2.52. The molecule has 278 valence electrons. The van der Waals surface area contributed by atoms with Crippen molar-refractivity contribution in [3.8, 4) is 0 Å². The van der Waals surface area contributed by atoms with Crippen molar-refractivity contribution in [2.45, 2.75) is 130 Å². The van der Waals surface area contributed by atoms with E-state index in [9.17, 15) is 28.8 Å². The van der Waals surface area contributed by atoms with Crippen LogP contribution in [0.25, 0.3) is 0 Å². The Morgan fingerprint density at radius 3 is 1.94 bits per heavy atom. The van der Waals surface area contributed by atoms with Crippen molar-refractivity contribution in [2.75, 3.05) is 31.1 Å². The first-order valence-electron chi connectivity index (χ1n) is 17.4. The molecule has 0 aliphatic carbocycles. The Morgan fingerprint density at radius 1 is 0.820 bits per heavy atom. The highest BCUT2D eigenvalue weighted by atomic mass is 16.6. The van der Waals surface area contributed by atoms with Gasteiger partial charge in [-0.3, -0.25) is 19.7 Å². The predicted octanol–water partition coefficient (Wildman–Crippen LogP) is 5.51. The quantitative estimate of drug-likeness (QED) is 0.161. The van der Waals surface area contributed by atoms with Crippen molar-refractivity contribution >= 4 is 41.7 Å². The van der Waals surface area contributed by atoms with Crippen LogP contribution in [0.2, 0.25) is 0 Å². The van der Waals surface area contributed by atoms with Gasteiger partial charge in [0.1, 0.15) is 22.8 Å². The van der Waals surface area contributed by atoms with E-state index in [4.69, 9.17) is 14.2 Å². The van der Waals surface area contributed by atoms with Gasteiger partial charge in [-0.05, 0) is 107 Å². The van der Waals surface area contributed by atoms with E-state index in [1.807, 2.05) is 12.1 Å². The van der Waals surface area contributed by atoms with Gasteiger partial charge in [-0.25, -0.2) is 19.3 Å². The second kappa shape index (κ2) is 16.6. The highest BCUT2D eigenvalue weighted by Crippen LogP contribution is 2.34. The fraction of sp³-hybridized carbons (Fsp3) is 0.667. The molecule has 0 aromatic heterocycles. The average Bonchev–Trinajstić information content (AvgIpc) is 3.29. The predicted molar refractivity (Wildman–Crippen MR) is 187 cm³/mol. The summed E-state index contributed by atoms with van der Waals surface area (Å²) >= 11 is 0. The number of ether oxygens (including phenoxy) is 3. The third-order valence-electron chi connectivity index (χ3n) is 7.71. The van der Waals surface area contributed by atoms with Gasteiger partial charge >= 0.3 is 18.3 Å². The van der Waals surface area contributed by atoms with Crippen molar-refractivity contribution in [2.24, 2.45) is 0 Å². The van der Waals surface area contributed by atoms with Gasteiger partial charge in [0, 0.05) is 56.0 Å². The monoisotopic (exact) mass is 701 g/mol. The number of carbonyl (C=O) groups excluding carboxylic acids is 6. The minimum Gasteiger partial charge on any atom is -0.444 e. The molecule has 6 amide bonds. The molecule has 1 aromatic rings. The lowest BCUT2D eigenvalue weighted by molar-refractivity contribution is -0.136. The van der Waals surface area contributed by atoms with Gasteiger partial charge in [-0.1, -0.05) is 6.07 Å². The fourth-order valence-corrected chi connectivity index (χ4v) is 5.61. The van der Waals surface area contributed by atoms with Crippen LogP contribution in [0.1, 0.15) is 117 Å². The first-order chi connectivity index (χ1) is 23.1. The van der Waals surface area contributed by atoms with Gasteiger partial charge in [0.05, 0.1) is 0 Å². The lowest BCUT2D eigenvalue weighted by atomic mass is 10.0. The summed E-state index contributed by atoms with van der Waals surface area (Å²) in [5.41, 5.74) is -0.0838. The van der Waals surface area contributed by atoms with Crippen LogP contribution in [0, 0.1) is 0 Å². The molecule has 14 heteroatoms. The molecule has 0 bridgehead atoms. The van der Waals surface area contributed by atoms with E-state index in [0.29, 0.717) is 50.9 Å². The zero-order valence-corrected chi connectivity index (χ0v) is 31.1. The van der Waals surface area contributed by atoms with Crippen LogP contribution in [0.5, 0.6) is 0 Å². The Bertz CT molecular complexity index is 1400. The molecule has 2 N–H and O–H groups in total. The fourth-order valence-electron chi connectivity index (χ4n) is 5.61. The average molecular weight is 702 g/mol. The maximum atomic E-state index is 13.5. The molecule has 2 heterocycles. The zero-order chi connectivity index (χ0) is 37.4. The summed E-state index contributed by atoms with van der Waals surface area (Å²) in [5.74, 6) is -1.08. The molecule has 1 aromatic carbocycles. The van der Waals surface area contributed by atoms with Crippen molar-refractivity contribution in [3.63, 3.8) is 0 Å². The van der Waals surface area contributed by atoms with Gasteiger partial charge in [-0.2, -0.15) is 0 Å². The topological polar surface area (TPSA) is 164 Å². The molecule has 0 spiro atoms. The van der Waals surface area contributed by atoms with Crippen molar-refractivity contribution in [3.05, 3.63) is 29.3 Å². The molecule has 1 atom stereocenters. The number of anilines is 1. The maximum Gasteiger partial charge on any atom is 0.419 e. The second-order valence-corrected chi connectivity index (χ2v) is 15.6. The van der Waals surface area contributed by atoms with Crippen molar-refractivity contribution in [1.29, 1.82) is 0 Å². The van der Waals surface area contributed by atoms with Crippen LogP contribution >= 0.6 is 0 Å². The smallest absolute Gasteiger partial charge is 0.419 e. The highest BCUT2D eigenvalue weighted by Gasteiger charge is 2.40. The first kappa shape index (κ1) is 40.1. The molecule has 2 aliphatic rings. The third-order valence-corrected chi connectivity index (χ3v) is 7.71. The molecular formula is C36H55N5O9. The number of amides is 6. The number of hydrogen-bond donors (Lipinski definition) is 2. The van der Waals surface area contributed by atoms with Crippen molar-refractivity contribution < 1.29 is 43.0 Å². The number of benzene rings is 1. The van der Waals surface area contributed by atoms with Gasteiger partial charge in [0.2, 0.25) is 11.8 Å². The summed E-state index contributed by atoms with van der Waals surface area (Å²) < 4.78 is 16.3. The molecule has 2 aliphatic heterocycles. The molecule has 0 saturated carbocycles. The molecule has 14 nitrogen and oxygen atoms in total. The number of unbranched alkanes of at least 4 members (excludes halogenated alkanes) is 2. The zero-order valence-electron chi connectivity index (χ0n) is 31.1. The van der Waals surface area contributed by atoms with E-state index in [1.54, 1.807) is 68.4 Å². The molecule has 1 saturated heterocycles. The van der Waals surface area contributed by atoms with E-state index < -0.39 is 47.0 Å². The van der Waals surface area contributed by atoms with Gasteiger partial charge in [-0.15, -0.1) is 0 Å². The normalized spacial score (nSPS) is 16.4. The van der Waals surface area contributed by atoms with Crippen LogP contribution in [-0.4, -0.2) is 94.8 Å². The van der Waals surface area contributed by atoms with Crippen LogP contribution in [0.3, 0.4) is 0 Å². The summed E-state index contributed by atoms with van der Waals surface area (Å²) in [7, 11) is 0. The Morgan fingerprint density at radius 2 is 1.38 bits per heavy atom. The molecule has 0 radical (unpaired) electrons. The number of imide groups is 2. The van der Waals surface area contributed by atoms with Crippen LogP contribution < -0.4 is 15.5 Å². The third kappa shape index (κ3) is 12.2. The first-order valence-corrected chi connectivity index (χ1v) is 17.4. The number of alkyl carbamates (subject to hydrolysis) is 1. The Labute approximate surface area is 295 Å². The summed E-state index contributed by atoms with van der Waals surface area (Å²) in [5, 5.41) is 5.13. The summed E-state index contributed by atoms with van der Waals surface area (Å²) in [6.07, 6.45) is 0.766. The minimum atomic E-state index is -0.806. The Kier molecular flexibility index (Phi) is 13.3. The van der Waals surface area contributed by atoms with E-state index in [2.05, 4.69) is 15.5 Å². The van der Waals surface area contributed by atoms with Gasteiger partial charge in [0.25, 0.3) is 5.91 Å². The van der Waals surface area contributed by atoms with E-state index in [0.717, 1.165) is 16.2 Å². The highest BCUT2D eigenvalue weighted by molar-refractivity contribution is 6.06. The van der Waals surface area contributed by atoms with Crippen molar-refractivity contribution in [1.82, 2.24) is 20.4 Å². The molecule has 1 fully saturated rings. The molecule has 1 unspecified atom stereocenters. The van der Waals surface area contributed by atoms with E-state index >= 15 is 0 Å². The Hall–Kier alpha value is -4.36. The SMILES string of the molecule is CC(C)(C)OC(=O)NCCCCN(CCCCN(C(=O)OC(C)(C)C)C(=O)OC(C)(C)C)c1cccc2c1CN(C1CCC(=O)NC1=O)C2=O. The number of hydrogen-bond acceptors (Lipinski definition) is 10. The Balaban J connectivity index is 1.76. The molecular weight excluding hydrogens is 646 g/mol. The second-order valence-electron chi connectivity index (χ2n) is 15.6. The van der Waals surface area contributed by atoms with Gasteiger partial charge < -0.3 is 29.3 Å². The summed E-state index contributed by atoms with van der Waals surface area (Å²) in [4.78, 5) is 80.7. The number of piperidine rings is 1. The lowest BCUT2D eigenvalue weighted by Gasteiger charge is -2.30. The van der Waals surface area contributed by atoms with Crippen LogP contribution in [0.4, 0.5) is 20.1 Å². The number of nitrogens with one attached hydrogen (secondary N) is 2.